The SMILES string of the molecule is c1ccc2c(c1)sc1cccc(Sc3cccc4sc5ccccc5c34)c12. The Kier molecular flexibility index (Phi) is 3.55. The second-order valence-electron chi connectivity index (χ2n) is 6.56. The lowest BCUT2D eigenvalue weighted by atomic mass is 10.1. The third-order valence-corrected chi connectivity index (χ3v) is 8.34. The topological polar surface area (TPSA) is 0 Å². The van der Waals surface area contributed by atoms with Gasteiger partial charge in [-0.1, -0.05) is 60.3 Å². The highest BCUT2D eigenvalue weighted by molar-refractivity contribution is 7.99. The van der Waals surface area contributed by atoms with Crippen LogP contribution in [0.25, 0.3) is 40.3 Å². The van der Waals surface area contributed by atoms with Gasteiger partial charge in [-0.05, 0) is 36.4 Å². The molecule has 0 atom stereocenters. The van der Waals surface area contributed by atoms with Crippen LogP contribution in [-0.4, -0.2) is 0 Å². The van der Waals surface area contributed by atoms with Crippen LogP contribution in [0.15, 0.2) is 94.7 Å². The highest BCUT2D eigenvalue weighted by Gasteiger charge is 2.13. The van der Waals surface area contributed by atoms with Gasteiger partial charge in [0, 0.05) is 50.1 Å². The summed E-state index contributed by atoms with van der Waals surface area (Å²) in [5.41, 5.74) is 0. The molecule has 6 aromatic rings. The Morgan fingerprint density at radius 2 is 0.889 bits per heavy atom. The van der Waals surface area contributed by atoms with Gasteiger partial charge in [-0.2, -0.15) is 0 Å². The van der Waals surface area contributed by atoms with Gasteiger partial charge in [0.1, 0.15) is 0 Å². The van der Waals surface area contributed by atoms with Gasteiger partial charge in [-0.15, -0.1) is 22.7 Å². The zero-order valence-electron chi connectivity index (χ0n) is 14.3. The molecule has 3 heteroatoms. The molecule has 0 N–H and O–H groups in total. The van der Waals surface area contributed by atoms with Crippen LogP contribution in [0.2, 0.25) is 0 Å². The molecule has 0 saturated heterocycles. The van der Waals surface area contributed by atoms with Crippen LogP contribution < -0.4 is 0 Å². The van der Waals surface area contributed by atoms with Crippen LogP contribution in [0.1, 0.15) is 0 Å². The quantitative estimate of drug-likeness (QED) is 0.281. The third-order valence-electron chi connectivity index (χ3n) is 4.95. The van der Waals surface area contributed by atoms with Gasteiger partial charge in [0.05, 0.1) is 0 Å². The Balaban J connectivity index is 1.62. The fraction of sp³-hybridized carbons (Fsp3) is 0. The summed E-state index contributed by atoms with van der Waals surface area (Å²) in [6, 6.07) is 30.9. The van der Waals surface area contributed by atoms with Gasteiger partial charge in [-0.25, -0.2) is 0 Å². The monoisotopic (exact) mass is 398 g/mol. The largest absolute Gasteiger partial charge is 0.135 e. The number of rotatable bonds is 2. The zero-order chi connectivity index (χ0) is 17.8. The van der Waals surface area contributed by atoms with Crippen LogP contribution in [0, 0.1) is 0 Å². The summed E-state index contributed by atoms with van der Waals surface area (Å²) in [4.78, 5) is 2.68. The minimum absolute atomic E-state index is 1.34. The van der Waals surface area contributed by atoms with Crippen molar-refractivity contribution < 1.29 is 0 Å². The molecular weight excluding hydrogens is 384 g/mol. The van der Waals surface area contributed by atoms with Crippen molar-refractivity contribution in [1.29, 1.82) is 0 Å². The Bertz CT molecular complexity index is 1340. The van der Waals surface area contributed by atoms with Gasteiger partial charge >= 0.3 is 0 Å². The number of fused-ring (bicyclic) bond motifs is 6. The van der Waals surface area contributed by atoms with Crippen molar-refractivity contribution >= 4 is 74.8 Å². The molecule has 0 radical (unpaired) electrons. The molecule has 0 bridgehead atoms. The van der Waals surface area contributed by atoms with E-state index in [1.165, 1.54) is 50.1 Å². The molecule has 4 aromatic carbocycles. The Morgan fingerprint density at radius 3 is 1.41 bits per heavy atom. The van der Waals surface area contributed by atoms with E-state index >= 15 is 0 Å². The molecule has 0 unspecified atom stereocenters. The molecule has 6 rings (SSSR count). The molecule has 2 heterocycles. The minimum atomic E-state index is 1.34. The summed E-state index contributed by atoms with van der Waals surface area (Å²) in [6.07, 6.45) is 0. The standard InChI is InChI=1S/C24H14S3/c1-3-9-17-15(7-1)23-19(25-17)11-5-13-21(23)27-22-14-6-12-20-24(22)16-8-2-4-10-18(16)26-20/h1-14H. The Labute approximate surface area is 169 Å². The first kappa shape index (κ1) is 15.7. The van der Waals surface area contributed by atoms with E-state index in [1.807, 2.05) is 34.4 Å². The van der Waals surface area contributed by atoms with E-state index in [2.05, 4.69) is 84.9 Å². The van der Waals surface area contributed by atoms with Gasteiger partial charge in [0.15, 0.2) is 0 Å². The molecule has 2 aromatic heterocycles. The summed E-state index contributed by atoms with van der Waals surface area (Å²) in [6.45, 7) is 0. The lowest BCUT2D eigenvalue weighted by Crippen LogP contribution is -1.78. The zero-order valence-corrected chi connectivity index (χ0v) is 16.8. The predicted octanol–water partition coefficient (Wildman–Crippen LogP) is 8.57. The van der Waals surface area contributed by atoms with E-state index in [0.29, 0.717) is 0 Å². The maximum Gasteiger partial charge on any atom is 0.0366 e. The predicted molar refractivity (Wildman–Crippen MR) is 123 cm³/mol. The van der Waals surface area contributed by atoms with Crippen LogP contribution in [0.5, 0.6) is 0 Å². The van der Waals surface area contributed by atoms with Crippen molar-refractivity contribution in [3.63, 3.8) is 0 Å². The first-order chi connectivity index (χ1) is 13.4. The highest BCUT2D eigenvalue weighted by atomic mass is 32.2. The van der Waals surface area contributed by atoms with Crippen LogP contribution >= 0.6 is 34.4 Å². The summed E-state index contributed by atoms with van der Waals surface area (Å²) >= 11 is 5.66. The molecule has 128 valence electrons. The van der Waals surface area contributed by atoms with Gasteiger partial charge < -0.3 is 0 Å². The first-order valence-corrected chi connectivity index (χ1v) is 11.3. The number of thiophene rings is 2. The van der Waals surface area contributed by atoms with Gasteiger partial charge in [0.2, 0.25) is 0 Å². The summed E-state index contributed by atoms with van der Waals surface area (Å²) in [7, 11) is 0. The van der Waals surface area contributed by atoms with E-state index in [9.17, 15) is 0 Å². The molecule has 0 aliphatic carbocycles. The van der Waals surface area contributed by atoms with Crippen molar-refractivity contribution in [2.75, 3.05) is 0 Å². The lowest BCUT2D eigenvalue weighted by Gasteiger charge is -2.06. The van der Waals surface area contributed by atoms with E-state index in [4.69, 9.17) is 0 Å². The van der Waals surface area contributed by atoms with E-state index < -0.39 is 0 Å². The average Bonchev–Trinajstić information content (AvgIpc) is 3.27. The van der Waals surface area contributed by atoms with Crippen LogP contribution in [0.4, 0.5) is 0 Å². The summed E-state index contributed by atoms with van der Waals surface area (Å²) in [5.74, 6) is 0. The Morgan fingerprint density at radius 1 is 0.444 bits per heavy atom. The smallest absolute Gasteiger partial charge is 0.0366 e. The fourth-order valence-corrected chi connectivity index (χ4v) is 7.34. The van der Waals surface area contributed by atoms with E-state index in [0.717, 1.165) is 0 Å². The maximum absolute atomic E-state index is 2.26. The Hall–Kier alpha value is -2.33. The number of hydrogen-bond acceptors (Lipinski definition) is 3. The van der Waals surface area contributed by atoms with Crippen molar-refractivity contribution in [3.05, 3.63) is 84.9 Å². The second kappa shape index (κ2) is 6.10. The van der Waals surface area contributed by atoms with Crippen molar-refractivity contribution in [2.45, 2.75) is 9.79 Å². The van der Waals surface area contributed by atoms with Crippen LogP contribution in [-0.2, 0) is 0 Å². The molecule has 0 nitrogen and oxygen atoms in total. The maximum atomic E-state index is 2.26. The van der Waals surface area contributed by atoms with Crippen molar-refractivity contribution in [1.82, 2.24) is 0 Å². The number of hydrogen-bond donors (Lipinski definition) is 0. The van der Waals surface area contributed by atoms with Gasteiger partial charge in [0.25, 0.3) is 0 Å². The normalized spacial score (nSPS) is 11.9. The highest BCUT2D eigenvalue weighted by Crippen LogP contribution is 2.45. The molecule has 0 aliphatic rings. The second-order valence-corrected chi connectivity index (χ2v) is 9.81. The molecule has 0 aliphatic heterocycles. The van der Waals surface area contributed by atoms with Crippen molar-refractivity contribution in [2.24, 2.45) is 0 Å². The fourth-order valence-electron chi connectivity index (χ4n) is 3.77. The molecular formula is C24H14S3. The van der Waals surface area contributed by atoms with Crippen LogP contribution in [0.3, 0.4) is 0 Å². The summed E-state index contributed by atoms with van der Waals surface area (Å²) < 4.78 is 5.45. The molecule has 0 saturated carbocycles. The average molecular weight is 399 g/mol. The summed E-state index contributed by atoms with van der Waals surface area (Å²) in [5, 5.41) is 5.50. The molecule has 0 amide bonds. The number of benzene rings is 4. The molecule has 27 heavy (non-hydrogen) atoms. The third kappa shape index (κ3) is 2.43. The van der Waals surface area contributed by atoms with Crippen molar-refractivity contribution in [3.8, 4) is 0 Å². The molecule has 0 spiro atoms. The lowest BCUT2D eigenvalue weighted by molar-refractivity contribution is 1.52. The molecule has 0 fully saturated rings. The van der Waals surface area contributed by atoms with E-state index in [-0.39, 0.29) is 0 Å². The minimum Gasteiger partial charge on any atom is -0.135 e. The first-order valence-electron chi connectivity index (χ1n) is 8.87. The van der Waals surface area contributed by atoms with Gasteiger partial charge in [-0.3, -0.25) is 0 Å². The van der Waals surface area contributed by atoms with E-state index in [1.54, 1.807) is 0 Å².